The van der Waals surface area contributed by atoms with Gasteiger partial charge in [-0.3, -0.25) is 0 Å². The van der Waals surface area contributed by atoms with E-state index in [-0.39, 0.29) is 30.6 Å². The molecule has 2 aliphatic rings. The number of nitrogens with one attached hydrogen (secondary N) is 1. The first kappa shape index (κ1) is 17.6. The number of halogens is 1. The second-order valence-corrected chi connectivity index (χ2v) is 7.10. The number of aromatic hydroxyl groups is 1. The van der Waals surface area contributed by atoms with Crippen LogP contribution in [0.4, 0.5) is 4.39 Å². The van der Waals surface area contributed by atoms with Crippen molar-refractivity contribution in [1.82, 2.24) is 5.32 Å². The Morgan fingerprint density at radius 1 is 0.966 bits per heavy atom. The maximum atomic E-state index is 13.8. The van der Waals surface area contributed by atoms with Crippen molar-refractivity contribution in [2.75, 3.05) is 6.79 Å². The third-order valence-electron chi connectivity index (χ3n) is 5.24. The van der Waals surface area contributed by atoms with Crippen molar-refractivity contribution in [3.05, 3.63) is 95.3 Å². The van der Waals surface area contributed by atoms with Crippen LogP contribution < -0.4 is 20.1 Å². The van der Waals surface area contributed by atoms with Crippen molar-refractivity contribution >= 4 is 5.70 Å². The van der Waals surface area contributed by atoms with Gasteiger partial charge in [-0.15, -0.1) is 0 Å². The van der Waals surface area contributed by atoms with E-state index >= 15 is 0 Å². The van der Waals surface area contributed by atoms with Crippen molar-refractivity contribution in [2.24, 2.45) is 0 Å². The third-order valence-corrected chi connectivity index (χ3v) is 5.24. The first-order chi connectivity index (χ1) is 14.2. The molecule has 0 saturated carbocycles. The summed E-state index contributed by atoms with van der Waals surface area (Å²) in [5.74, 6) is 1.36. The number of fused-ring (bicyclic) bond motifs is 1. The highest BCUT2D eigenvalue weighted by Crippen LogP contribution is 2.36. The van der Waals surface area contributed by atoms with Gasteiger partial charge in [0.15, 0.2) is 17.7 Å². The highest BCUT2D eigenvalue weighted by Gasteiger charge is 2.30. The first-order valence-electron chi connectivity index (χ1n) is 9.44. The number of hydrogen-bond acceptors (Lipinski definition) is 4. The number of hydrogen-bond donors (Lipinski definition) is 3. The van der Waals surface area contributed by atoms with Crippen molar-refractivity contribution in [1.29, 1.82) is 0 Å². The molecule has 0 aliphatic carbocycles. The molecule has 2 heterocycles. The summed E-state index contributed by atoms with van der Waals surface area (Å²) < 4.78 is 24.8. The molecule has 4 N–H and O–H groups in total. The zero-order chi connectivity index (χ0) is 19.8. The van der Waals surface area contributed by atoms with Crippen LogP contribution in [0.3, 0.4) is 0 Å². The molecule has 0 fully saturated rings. The molecule has 2 atom stereocenters. The fraction of sp³-hybridized carbons (Fsp3) is 0.130. The molecular weight excluding hydrogens is 371 g/mol. The molecule has 0 radical (unpaired) electrons. The van der Waals surface area contributed by atoms with Gasteiger partial charge in [0.1, 0.15) is 17.6 Å². The lowest BCUT2D eigenvalue weighted by Gasteiger charge is -2.30. The van der Waals surface area contributed by atoms with Gasteiger partial charge in [0, 0.05) is 22.9 Å². The average molecular weight is 391 g/mol. The van der Waals surface area contributed by atoms with Crippen LogP contribution in [0.5, 0.6) is 17.2 Å². The molecule has 0 bridgehead atoms. The van der Waals surface area contributed by atoms with Crippen LogP contribution in [0.1, 0.15) is 28.9 Å². The zero-order valence-electron chi connectivity index (χ0n) is 15.5. The largest absolute Gasteiger partial charge is 0.507 e. The summed E-state index contributed by atoms with van der Waals surface area (Å²) in [4.78, 5) is 0. The second-order valence-electron chi connectivity index (χ2n) is 7.10. The molecular formula is C23H20FN2O3+. The van der Waals surface area contributed by atoms with Crippen LogP contribution in [-0.4, -0.2) is 11.9 Å². The maximum Gasteiger partial charge on any atom is 0.231 e. The lowest BCUT2D eigenvalue weighted by molar-refractivity contribution is -0.731. The highest BCUT2D eigenvalue weighted by atomic mass is 19.1. The molecule has 6 heteroatoms. The van der Waals surface area contributed by atoms with Gasteiger partial charge in [-0.2, -0.15) is 0 Å². The molecule has 5 nitrogen and oxygen atoms in total. The van der Waals surface area contributed by atoms with E-state index < -0.39 is 0 Å². The van der Waals surface area contributed by atoms with Crippen LogP contribution in [0, 0.1) is 5.82 Å². The van der Waals surface area contributed by atoms with Crippen molar-refractivity contribution in [2.45, 2.75) is 12.2 Å². The summed E-state index contributed by atoms with van der Waals surface area (Å²) in [5, 5.41) is 15.9. The minimum absolute atomic E-state index is 0.147. The van der Waals surface area contributed by atoms with Gasteiger partial charge in [-0.05, 0) is 42.5 Å². The Morgan fingerprint density at radius 3 is 2.69 bits per heavy atom. The predicted octanol–water partition coefficient (Wildman–Crippen LogP) is 3.21. The Kier molecular flexibility index (Phi) is 4.33. The van der Waals surface area contributed by atoms with Crippen LogP contribution in [-0.2, 0) is 0 Å². The summed E-state index contributed by atoms with van der Waals surface area (Å²) in [6.07, 6.45) is 1.84. The van der Waals surface area contributed by atoms with Crippen LogP contribution in [0.15, 0.2) is 72.8 Å². The fourth-order valence-electron chi connectivity index (χ4n) is 3.81. The second kappa shape index (κ2) is 7.14. The smallest absolute Gasteiger partial charge is 0.231 e. The Morgan fingerprint density at radius 2 is 1.83 bits per heavy atom. The van der Waals surface area contributed by atoms with Gasteiger partial charge in [0.05, 0.1) is 5.56 Å². The number of nitrogens with two attached hydrogens (primary N) is 1. The number of para-hydroxylation sites is 1. The molecule has 0 amide bonds. The Hall–Kier alpha value is -3.51. The van der Waals surface area contributed by atoms with Gasteiger partial charge < -0.3 is 25.2 Å². The summed E-state index contributed by atoms with van der Waals surface area (Å²) in [6, 6.07) is 19.4. The fourth-order valence-corrected chi connectivity index (χ4v) is 3.81. The molecule has 5 rings (SSSR count). The molecule has 146 valence electrons. The van der Waals surface area contributed by atoms with E-state index in [9.17, 15) is 9.50 Å². The van der Waals surface area contributed by atoms with E-state index in [0.29, 0.717) is 5.75 Å². The number of rotatable bonds is 3. The molecule has 29 heavy (non-hydrogen) atoms. The van der Waals surface area contributed by atoms with E-state index in [2.05, 4.69) is 16.7 Å². The Labute approximate surface area is 167 Å². The lowest BCUT2D eigenvalue weighted by atomic mass is 9.97. The first-order valence-corrected chi connectivity index (χ1v) is 9.44. The maximum absolute atomic E-state index is 13.8. The number of phenols is 1. The standard InChI is InChI=1S/C23H19FN2O3/c24-16-5-3-4-15(10-16)23-25-18(14-8-9-21-22(11-14)29-13-28-21)12-19(26-23)17-6-1-2-7-20(17)27/h1-12,19,23,25-27H,13H2/p+1. The molecule has 2 aliphatic heterocycles. The number of phenolic OH excluding ortho intramolecular Hbond substituents is 1. The van der Waals surface area contributed by atoms with E-state index in [1.54, 1.807) is 18.2 Å². The number of quaternary nitrogens is 1. The number of ether oxygens (including phenoxy) is 2. The summed E-state index contributed by atoms with van der Waals surface area (Å²) in [6.45, 7) is 0.214. The van der Waals surface area contributed by atoms with Gasteiger partial charge in [0.25, 0.3) is 0 Å². The molecule has 0 aromatic heterocycles. The van der Waals surface area contributed by atoms with Crippen molar-refractivity contribution < 1.29 is 24.3 Å². The molecule has 0 spiro atoms. The summed E-state index contributed by atoms with van der Waals surface area (Å²) >= 11 is 0. The van der Waals surface area contributed by atoms with Crippen molar-refractivity contribution in [3.8, 4) is 17.2 Å². The minimum atomic E-state index is -0.281. The van der Waals surface area contributed by atoms with E-state index in [4.69, 9.17) is 9.47 Å². The summed E-state index contributed by atoms with van der Waals surface area (Å²) in [5.41, 5.74) is 3.43. The SMILES string of the molecule is Oc1ccccc1C1C=C(c2ccc3c(c2)OCO3)NC(c2cccc(F)c2)[NH2+]1. The molecule has 0 saturated heterocycles. The molecule has 2 unspecified atom stereocenters. The average Bonchev–Trinajstić information content (AvgIpc) is 3.22. The normalized spacial score (nSPS) is 20.1. The summed E-state index contributed by atoms with van der Waals surface area (Å²) in [7, 11) is 0. The van der Waals surface area contributed by atoms with Crippen molar-refractivity contribution in [3.63, 3.8) is 0 Å². The Balaban J connectivity index is 1.57. The lowest BCUT2D eigenvalue weighted by Crippen LogP contribution is -2.89. The zero-order valence-corrected chi connectivity index (χ0v) is 15.5. The minimum Gasteiger partial charge on any atom is -0.507 e. The van der Waals surface area contributed by atoms with Crippen LogP contribution in [0.2, 0.25) is 0 Å². The quantitative estimate of drug-likeness (QED) is 0.642. The van der Waals surface area contributed by atoms with Crippen LogP contribution >= 0.6 is 0 Å². The van der Waals surface area contributed by atoms with Gasteiger partial charge in [-0.25, -0.2) is 4.39 Å². The topological polar surface area (TPSA) is 67.3 Å². The van der Waals surface area contributed by atoms with Gasteiger partial charge in [-0.1, -0.05) is 24.3 Å². The van der Waals surface area contributed by atoms with E-state index in [1.165, 1.54) is 12.1 Å². The van der Waals surface area contributed by atoms with E-state index in [0.717, 1.165) is 28.1 Å². The van der Waals surface area contributed by atoms with Gasteiger partial charge >= 0.3 is 0 Å². The highest BCUT2D eigenvalue weighted by molar-refractivity contribution is 5.68. The van der Waals surface area contributed by atoms with Gasteiger partial charge in [0.2, 0.25) is 6.79 Å². The predicted molar refractivity (Wildman–Crippen MR) is 106 cm³/mol. The van der Waals surface area contributed by atoms with Crippen LogP contribution in [0.25, 0.3) is 5.70 Å². The molecule has 3 aromatic rings. The Bertz CT molecular complexity index is 1100. The third kappa shape index (κ3) is 3.39. The van der Waals surface area contributed by atoms with E-state index in [1.807, 2.05) is 36.4 Å². The number of benzene rings is 3. The monoisotopic (exact) mass is 391 g/mol. The molecule has 3 aromatic carbocycles.